The van der Waals surface area contributed by atoms with Crippen molar-refractivity contribution < 1.29 is 28.9 Å². The summed E-state index contributed by atoms with van der Waals surface area (Å²) in [5, 5.41) is 17.2. The fourth-order valence-electron chi connectivity index (χ4n) is 4.94. The van der Waals surface area contributed by atoms with Crippen LogP contribution in [0.5, 0.6) is 0 Å². The first kappa shape index (κ1) is 34.4. The van der Waals surface area contributed by atoms with Gasteiger partial charge in [-0.1, -0.05) is 18.2 Å². The number of fused-ring (bicyclic) bond motifs is 3. The molecule has 0 spiro atoms. The van der Waals surface area contributed by atoms with Gasteiger partial charge in [0.05, 0.1) is 47.4 Å². The third-order valence-corrected chi connectivity index (χ3v) is 6.71. The zero-order valence-electron chi connectivity index (χ0n) is 27.0. The molecule has 43 heavy (non-hydrogen) atoms. The van der Waals surface area contributed by atoms with Gasteiger partial charge in [0.25, 0.3) is 0 Å². The predicted octanol–water partition coefficient (Wildman–Crippen LogP) is 4.73. The fourth-order valence-corrected chi connectivity index (χ4v) is 4.94. The summed E-state index contributed by atoms with van der Waals surface area (Å²) in [6, 6.07) is 7.62. The Hall–Kier alpha value is -3.12. The summed E-state index contributed by atoms with van der Waals surface area (Å²) in [4.78, 5) is 34.9. The standard InChI is InChI=1S/C32H49N5O6/c1-9-41-19-25-35-28-29(37(25)20-31(5,6)40)23-12-10-11-13-24(23)34-30(28)36-26(38)14-16-33-27(39)18-22(4)42-17-15-32(7,8)43-21(2)3/h10-13,21-22,40H,9,14-20H2,1-8H3,(H,33,39)(H,34,36,38). The molecule has 3 N–H and O–H groups in total. The lowest BCUT2D eigenvalue weighted by atomic mass is 10.1. The summed E-state index contributed by atoms with van der Waals surface area (Å²) >= 11 is 0. The Kier molecular flexibility index (Phi) is 12.0. The Bertz CT molecular complexity index is 1380. The number of aromatic nitrogens is 3. The molecule has 2 aromatic heterocycles. The van der Waals surface area contributed by atoms with Crippen LogP contribution in [-0.2, 0) is 37.0 Å². The zero-order chi connectivity index (χ0) is 31.8. The number of pyridine rings is 1. The third-order valence-electron chi connectivity index (χ3n) is 6.71. The molecule has 0 fully saturated rings. The van der Waals surface area contributed by atoms with Crippen LogP contribution in [0.25, 0.3) is 21.9 Å². The summed E-state index contributed by atoms with van der Waals surface area (Å²) in [6.07, 6.45) is 0.849. The number of nitrogens with zero attached hydrogens (tertiary/aromatic N) is 3. The number of carbonyl (C=O) groups excluding carboxylic acids is 2. The predicted molar refractivity (Wildman–Crippen MR) is 168 cm³/mol. The molecular weight excluding hydrogens is 550 g/mol. The zero-order valence-corrected chi connectivity index (χ0v) is 27.0. The lowest BCUT2D eigenvalue weighted by molar-refractivity contribution is -0.124. The molecule has 1 unspecified atom stereocenters. The quantitative estimate of drug-likeness (QED) is 0.203. The molecule has 0 aliphatic heterocycles. The van der Waals surface area contributed by atoms with E-state index in [1.165, 1.54) is 0 Å². The van der Waals surface area contributed by atoms with E-state index >= 15 is 0 Å². The molecule has 0 saturated heterocycles. The minimum absolute atomic E-state index is 0.0634. The van der Waals surface area contributed by atoms with E-state index in [4.69, 9.17) is 24.2 Å². The van der Waals surface area contributed by atoms with Gasteiger partial charge in [0.2, 0.25) is 11.8 Å². The van der Waals surface area contributed by atoms with Gasteiger partial charge < -0.3 is 34.5 Å². The van der Waals surface area contributed by atoms with Crippen molar-refractivity contribution in [2.24, 2.45) is 0 Å². The van der Waals surface area contributed by atoms with Gasteiger partial charge in [-0.15, -0.1) is 0 Å². The molecule has 2 amide bonds. The second kappa shape index (κ2) is 15.1. The fraction of sp³-hybridized carbons (Fsp3) is 0.625. The van der Waals surface area contributed by atoms with Crippen LogP contribution >= 0.6 is 0 Å². The number of para-hydroxylation sites is 1. The third kappa shape index (κ3) is 10.5. The second-order valence-corrected chi connectivity index (χ2v) is 12.4. The molecular formula is C32H49N5O6. The van der Waals surface area contributed by atoms with Gasteiger partial charge in [0, 0.05) is 31.6 Å². The average molecular weight is 600 g/mol. The Labute approximate surface area is 254 Å². The van der Waals surface area contributed by atoms with Crippen molar-refractivity contribution in [3.8, 4) is 0 Å². The van der Waals surface area contributed by atoms with Gasteiger partial charge in [-0.05, 0) is 67.9 Å². The van der Waals surface area contributed by atoms with E-state index < -0.39 is 5.60 Å². The SMILES string of the molecule is CCOCc1nc2c(NC(=O)CCNC(=O)CC(C)OCCC(C)(C)OC(C)C)nc3ccccc3c2n1CC(C)(C)O. The first-order valence-electron chi connectivity index (χ1n) is 15.1. The van der Waals surface area contributed by atoms with Crippen molar-refractivity contribution in [1.82, 2.24) is 19.9 Å². The van der Waals surface area contributed by atoms with Crippen molar-refractivity contribution in [3.63, 3.8) is 0 Å². The summed E-state index contributed by atoms with van der Waals surface area (Å²) < 4.78 is 19.3. The lowest BCUT2D eigenvalue weighted by Gasteiger charge is -2.28. The largest absolute Gasteiger partial charge is 0.389 e. The molecule has 0 aliphatic rings. The summed E-state index contributed by atoms with van der Waals surface area (Å²) in [5.41, 5.74) is 0.656. The number of amides is 2. The number of nitrogens with one attached hydrogen (secondary N) is 2. The Balaban J connectivity index is 1.64. The summed E-state index contributed by atoms with van der Waals surface area (Å²) in [5.74, 6) is 0.468. The van der Waals surface area contributed by atoms with Gasteiger partial charge in [-0.2, -0.15) is 0 Å². The van der Waals surface area contributed by atoms with E-state index in [0.29, 0.717) is 35.9 Å². The Morgan fingerprint density at radius 2 is 1.79 bits per heavy atom. The monoisotopic (exact) mass is 599 g/mol. The number of carbonyl (C=O) groups is 2. The maximum atomic E-state index is 13.0. The van der Waals surface area contributed by atoms with E-state index in [-0.39, 0.29) is 62.2 Å². The Morgan fingerprint density at radius 1 is 1.07 bits per heavy atom. The van der Waals surface area contributed by atoms with Gasteiger partial charge in [-0.3, -0.25) is 9.59 Å². The Morgan fingerprint density at radius 3 is 2.47 bits per heavy atom. The number of hydrogen-bond acceptors (Lipinski definition) is 8. The molecule has 1 atom stereocenters. The van der Waals surface area contributed by atoms with Crippen molar-refractivity contribution in [2.45, 2.75) is 111 Å². The highest BCUT2D eigenvalue weighted by molar-refractivity contribution is 6.09. The first-order chi connectivity index (χ1) is 20.2. The number of ether oxygens (including phenoxy) is 3. The van der Waals surface area contributed by atoms with Gasteiger partial charge >= 0.3 is 0 Å². The van der Waals surface area contributed by atoms with E-state index in [0.717, 1.165) is 17.3 Å². The average Bonchev–Trinajstić information content (AvgIpc) is 3.23. The molecule has 0 saturated carbocycles. The number of hydrogen-bond donors (Lipinski definition) is 3. The van der Waals surface area contributed by atoms with Crippen LogP contribution in [-0.4, -0.2) is 74.6 Å². The van der Waals surface area contributed by atoms with Crippen LogP contribution < -0.4 is 10.6 Å². The highest BCUT2D eigenvalue weighted by Crippen LogP contribution is 2.31. The van der Waals surface area contributed by atoms with Crippen molar-refractivity contribution in [3.05, 3.63) is 30.1 Å². The highest BCUT2D eigenvalue weighted by atomic mass is 16.5. The molecule has 0 radical (unpaired) electrons. The number of anilines is 1. The molecule has 3 rings (SSSR count). The minimum Gasteiger partial charge on any atom is -0.389 e. The first-order valence-corrected chi connectivity index (χ1v) is 15.1. The molecule has 1 aromatic carbocycles. The van der Waals surface area contributed by atoms with Crippen LogP contribution in [0.1, 0.15) is 80.5 Å². The number of aliphatic hydroxyl groups is 1. The maximum Gasteiger partial charge on any atom is 0.227 e. The van der Waals surface area contributed by atoms with E-state index in [1.807, 2.05) is 70.4 Å². The van der Waals surface area contributed by atoms with Crippen molar-refractivity contribution in [2.75, 3.05) is 25.1 Å². The van der Waals surface area contributed by atoms with Crippen LogP contribution in [0.4, 0.5) is 5.82 Å². The molecule has 3 aromatic rings. The maximum absolute atomic E-state index is 13.0. The number of imidazole rings is 1. The van der Waals surface area contributed by atoms with Crippen LogP contribution in [0.2, 0.25) is 0 Å². The van der Waals surface area contributed by atoms with E-state index in [1.54, 1.807) is 13.8 Å². The number of benzene rings is 1. The van der Waals surface area contributed by atoms with Gasteiger partial charge in [0.15, 0.2) is 5.82 Å². The smallest absolute Gasteiger partial charge is 0.227 e. The normalized spacial score (nSPS) is 13.2. The van der Waals surface area contributed by atoms with Gasteiger partial charge in [-0.25, -0.2) is 9.97 Å². The molecule has 11 heteroatoms. The second-order valence-electron chi connectivity index (χ2n) is 12.4. The molecule has 238 valence electrons. The van der Waals surface area contributed by atoms with Crippen LogP contribution in [0.15, 0.2) is 24.3 Å². The summed E-state index contributed by atoms with van der Waals surface area (Å²) in [6.45, 7) is 17.0. The minimum atomic E-state index is -1.01. The van der Waals surface area contributed by atoms with Gasteiger partial charge in [0.1, 0.15) is 17.9 Å². The molecule has 2 heterocycles. The summed E-state index contributed by atoms with van der Waals surface area (Å²) in [7, 11) is 0. The highest BCUT2D eigenvalue weighted by Gasteiger charge is 2.24. The van der Waals surface area contributed by atoms with E-state index in [2.05, 4.69) is 10.6 Å². The van der Waals surface area contributed by atoms with E-state index in [9.17, 15) is 14.7 Å². The van der Waals surface area contributed by atoms with Crippen molar-refractivity contribution >= 4 is 39.6 Å². The molecule has 0 aliphatic carbocycles. The lowest BCUT2D eigenvalue weighted by Crippen LogP contribution is -2.32. The topological polar surface area (TPSA) is 137 Å². The molecule has 0 bridgehead atoms. The van der Waals surface area contributed by atoms with Crippen molar-refractivity contribution in [1.29, 1.82) is 0 Å². The number of rotatable bonds is 17. The van der Waals surface area contributed by atoms with Crippen LogP contribution in [0.3, 0.4) is 0 Å². The van der Waals surface area contributed by atoms with Crippen LogP contribution in [0, 0.1) is 0 Å². The molecule has 11 nitrogen and oxygen atoms in total.